The van der Waals surface area contributed by atoms with E-state index in [1.165, 1.54) is 12.1 Å². The molecule has 0 aliphatic rings. The normalized spacial score (nSPS) is 13.5. The SMILES string of the molecule is Cc1noc(C)c1CN(C)C[C@H](O)c1ccc(S(C)(=O)=O)cc1. The fraction of sp³-hybridized carbons (Fsp3) is 0.438. The van der Waals surface area contributed by atoms with Crippen molar-refractivity contribution in [3.63, 3.8) is 0 Å². The summed E-state index contributed by atoms with van der Waals surface area (Å²) in [5.74, 6) is 0.779. The zero-order valence-electron chi connectivity index (χ0n) is 13.8. The molecule has 0 aliphatic heterocycles. The van der Waals surface area contributed by atoms with Crippen LogP contribution in [0.4, 0.5) is 0 Å². The second-order valence-corrected chi connectivity index (χ2v) is 7.87. The molecule has 23 heavy (non-hydrogen) atoms. The number of aliphatic hydroxyl groups is 1. The zero-order valence-corrected chi connectivity index (χ0v) is 14.6. The van der Waals surface area contributed by atoms with E-state index in [0.29, 0.717) is 18.7 Å². The van der Waals surface area contributed by atoms with Crippen molar-refractivity contribution in [2.45, 2.75) is 31.4 Å². The van der Waals surface area contributed by atoms with Gasteiger partial charge >= 0.3 is 0 Å². The first-order valence-electron chi connectivity index (χ1n) is 7.27. The Balaban J connectivity index is 2.02. The molecule has 6 nitrogen and oxygen atoms in total. The number of aryl methyl sites for hydroxylation is 2. The summed E-state index contributed by atoms with van der Waals surface area (Å²) in [5, 5.41) is 14.2. The maximum absolute atomic E-state index is 11.4. The van der Waals surface area contributed by atoms with Crippen molar-refractivity contribution in [3.05, 3.63) is 46.8 Å². The zero-order chi connectivity index (χ0) is 17.2. The Labute approximate surface area is 136 Å². The predicted octanol–water partition coefficient (Wildman–Crippen LogP) is 1.86. The van der Waals surface area contributed by atoms with Gasteiger partial charge in [0.25, 0.3) is 0 Å². The molecule has 0 saturated heterocycles. The molecule has 0 fully saturated rings. The highest BCUT2D eigenvalue weighted by Crippen LogP contribution is 2.19. The highest BCUT2D eigenvalue weighted by atomic mass is 32.2. The van der Waals surface area contributed by atoms with Crippen LogP contribution in [0.2, 0.25) is 0 Å². The van der Waals surface area contributed by atoms with Gasteiger partial charge in [-0.2, -0.15) is 0 Å². The highest BCUT2D eigenvalue weighted by Gasteiger charge is 2.16. The lowest BCUT2D eigenvalue weighted by molar-refractivity contribution is 0.123. The molecule has 0 bridgehead atoms. The molecule has 1 heterocycles. The number of hydrogen-bond acceptors (Lipinski definition) is 6. The number of nitrogens with zero attached hydrogens (tertiary/aromatic N) is 2. The van der Waals surface area contributed by atoms with Crippen LogP contribution in [0.25, 0.3) is 0 Å². The Kier molecular flexibility index (Phi) is 5.23. The molecule has 1 aromatic carbocycles. The summed E-state index contributed by atoms with van der Waals surface area (Å²) < 4.78 is 28.0. The maximum Gasteiger partial charge on any atom is 0.175 e. The Morgan fingerprint density at radius 1 is 1.26 bits per heavy atom. The lowest BCUT2D eigenvalue weighted by atomic mass is 10.1. The van der Waals surface area contributed by atoms with Gasteiger partial charge in [-0.1, -0.05) is 17.3 Å². The molecule has 2 rings (SSSR count). The monoisotopic (exact) mass is 338 g/mol. The van der Waals surface area contributed by atoms with Gasteiger partial charge in [-0.3, -0.25) is 4.90 Å². The molecule has 0 spiro atoms. The Morgan fingerprint density at radius 2 is 1.87 bits per heavy atom. The fourth-order valence-electron chi connectivity index (χ4n) is 2.40. The summed E-state index contributed by atoms with van der Waals surface area (Å²) in [7, 11) is -1.32. The van der Waals surface area contributed by atoms with Gasteiger partial charge in [-0.25, -0.2) is 8.42 Å². The Hall–Kier alpha value is -1.70. The smallest absolute Gasteiger partial charge is 0.175 e. The molecule has 1 N–H and O–H groups in total. The molecule has 1 aromatic heterocycles. The second kappa shape index (κ2) is 6.82. The number of aromatic nitrogens is 1. The summed E-state index contributed by atoms with van der Waals surface area (Å²) in [6, 6.07) is 6.32. The van der Waals surface area contributed by atoms with Crippen LogP contribution in [0, 0.1) is 13.8 Å². The van der Waals surface area contributed by atoms with Crippen molar-refractivity contribution in [1.29, 1.82) is 0 Å². The quantitative estimate of drug-likeness (QED) is 0.865. The summed E-state index contributed by atoms with van der Waals surface area (Å²) in [6.07, 6.45) is 0.463. The standard InChI is InChI=1S/C16H22N2O4S/c1-11-15(12(2)22-17-11)9-18(3)10-16(19)13-5-7-14(8-6-13)23(4,20)21/h5-8,16,19H,9-10H2,1-4H3/t16-/m0/s1. The minimum absolute atomic E-state index is 0.248. The maximum atomic E-state index is 11.4. The van der Waals surface area contributed by atoms with Gasteiger partial charge in [-0.05, 0) is 38.6 Å². The number of aliphatic hydroxyl groups excluding tert-OH is 1. The Bertz CT molecular complexity index is 746. The largest absolute Gasteiger partial charge is 0.387 e. The number of sulfone groups is 1. The molecular weight excluding hydrogens is 316 g/mol. The van der Waals surface area contributed by atoms with Crippen LogP contribution in [-0.2, 0) is 16.4 Å². The van der Waals surface area contributed by atoms with Crippen LogP contribution in [0.3, 0.4) is 0 Å². The number of hydrogen-bond donors (Lipinski definition) is 1. The molecule has 0 radical (unpaired) electrons. The first-order chi connectivity index (χ1) is 10.7. The summed E-state index contributed by atoms with van der Waals surface area (Å²) in [5.41, 5.74) is 2.55. The average molecular weight is 338 g/mol. The molecule has 0 unspecified atom stereocenters. The fourth-order valence-corrected chi connectivity index (χ4v) is 3.03. The van der Waals surface area contributed by atoms with Gasteiger partial charge in [0.15, 0.2) is 9.84 Å². The van der Waals surface area contributed by atoms with Gasteiger partial charge < -0.3 is 9.63 Å². The van der Waals surface area contributed by atoms with Crippen LogP contribution in [0.1, 0.15) is 28.7 Å². The van der Waals surface area contributed by atoms with Gasteiger partial charge in [0.2, 0.25) is 0 Å². The summed E-state index contributed by atoms with van der Waals surface area (Å²) in [4.78, 5) is 2.22. The number of benzene rings is 1. The van der Waals surface area contributed by atoms with E-state index in [9.17, 15) is 13.5 Å². The average Bonchev–Trinajstić information content (AvgIpc) is 2.78. The van der Waals surface area contributed by atoms with Crippen molar-refractivity contribution in [2.75, 3.05) is 19.8 Å². The minimum atomic E-state index is -3.22. The van der Waals surface area contributed by atoms with Crippen LogP contribution in [0.15, 0.2) is 33.7 Å². The van der Waals surface area contributed by atoms with Crippen LogP contribution in [0.5, 0.6) is 0 Å². The topological polar surface area (TPSA) is 83.6 Å². The van der Waals surface area contributed by atoms with Crippen molar-refractivity contribution in [1.82, 2.24) is 10.1 Å². The van der Waals surface area contributed by atoms with E-state index in [1.54, 1.807) is 12.1 Å². The van der Waals surface area contributed by atoms with E-state index in [0.717, 1.165) is 23.3 Å². The molecule has 0 amide bonds. The number of rotatable bonds is 6. The van der Waals surface area contributed by atoms with Crippen molar-refractivity contribution in [2.24, 2.45) is 0 Å². The van der Waals surface area contributed by atoms with Crippen molar-refractivity contribution >= 4 is 9.84 Å². The van der Waals surface area contributed by atoms with Crippen molar-refractivity contribution in [3.8, 4) is 0 Å². The van der Waals surface area contributed by atoms with Gasteiger partial charge in [0.1, 0.15) is 5.76 Å². The lowest BCUT2D eigenvalue weighted by Crippen LogP contribution is -2.24. The van der Waals surface area contributed by atoms with E-state index in [4.69, 9.17) is 4.52 Å². The first kappa shape index (κ1) is 17.7. The van der Waals surface area contributed by atoms with Gasteiger partial charge in [0, 0.05) is 24.9 Å². The molecule has 126 valence electrons. The van der Waals surface area contributed by atoms with Crippen molar-refractivity contribution < 1.29 is 18.0 Å². The van der Waals surface area contributed by atoms with Crippen LogP contribution >= 0.6 is 0 Å². The van der Waals surface area contributed by atoms with E-state index in [1.807, 2.05) is 25.8 Å². The third kappa shape index (κ3) is 4.40. The van der Waals surface area contributed by atoms with Crippen LogP contribution in [-0.4, -0.2) is 43.4 Å². The Morgan fingerprint density at radius 3 is 2.35 bits per heavy atom. The van der Waals surface area contributed by atoms with E-state index < -0.39 is 15.9 Å². The summed E-state index contributed by atoms with van der Waals surface area (Å²) in [6.45, 7) is 4.80. The lowest BCUT2D eigenvalue weighted by Gasteiger charge is -2.20. The molecule has 0 saturated carbocycles. The molecule has 1 atom stereocenters. The highest BCUT2D eigenvalue weighted by molar-refractivity contribution is 7.90. The van der Waals surface area contributed by atoms with E-state index in [-0.39, 0.29) is 4.90 Å². The summed E-state index contributed by atoms with van der Waals surface area (Å²) >= 11 is 0. The molecule has 7 heteroatoms. The molecular formula is C16H22N2O4S. The minimum Gasteiger partial charge on any atom is -0.387 e. The third-order valence-corrected chi connectivity index (χ3v) is 4.92. The van der Waals surface area contributed by atoms with Crippen LogP contribution < -0.4 is 0 Å². The number of likely N-dealkylation sites (N-methyl/N-ethyl adjacent to an activating group) is 1. The predicted molar refractivity (Wildman–Crippen MR) is 86.8 cm³/mol. The molecule has 0 aliphatic carbocycles. The second-order valence-electron chi connectivity index (χ2n) is 5.86. The first-order valence-corrected chi connectivity index (χ1v) is 9.16. The van der Waals surface area contributed by atoms with Gasteiger partial charge in [-0.15, -0.1) is 0 Å². The molecule has 2 aromatic rings. The van der Waals surface area contributed by atoms with Gasteiger partial charge in [0.05, 0.1) is 16.7 Å². The third-order valence-electron chi connectivity index (χ3n) is 3.79. The van der Waals surface area contributed by atoms with E-state index in [2.05, 4.69) is 5.16 Å². The van der Waals surface area contributed by atoms with E-state index >= 15 is 0 Å².